The number of nitrogens with zero attached hydrogens (tertiary/aromatic N) is 2. The summed E-state index contributed by atoms with van der Waals surface area (Å²) in [5.74, 6) is 0.474. The van der Waals surface area contributed by atoms with Crippen LogP contribution in [0.3, 0.4) is 0 Å². The van der Waals surface area contributed by atoms with Crippen LogP contribution in [-0.4, -0.2) is 15.9 Å². The van der Waals surface area contributed by atoms with Crippen molar-refractivity contribution in [2.45, 2.75) is 27.3 Å². The molecule has 4 nitrogen and oxygen atoms in total. The minimum Gasteiger partial charge on any atom is -0.348 e. The van der Waals surface area contributed by atoms with E-state index in [0.29, 0.717) is 23.6 Å². The fourth-order valence-corrected chi connectivity index (χ4v) is 2.63. The molecule has 1 heterocycles. The first-order valence-corrected chi connectivity index (χ1v) is 8.27. The van der Waals surface area contributed by atoms with Crippen LogP contribution >= 0.6 is 0 Å². The molecule has 1 amide bonds. The second kappa shape index (κ2) is 7.26. The van der Waals surface area contributed by atoms with Gasteiger partial charge in [0, 0.05) is 18.3 Å². The van der Waals surface area contributed by atoms with Crippen molar-refractivity contribution in [2.75, 3.05) is 0 Å². The van der Waals surface area contributed by atoms with Crippen LogP contribution in [0, 0.1) is 20.8 Å². The van der Waals surface area contributed by atoms with Gasteiger partial charge < -0.3 is 5.32 Å². The molecule has 0 atom stereocenters. The van der Waals surface area contributed by atoms with Crippen LogP contribution in [0.2, 0.25) is 0 Å². The summed E-state index contributed by atoms with van der Waals surface area (Å²) >= 11 is 0. The molecule has 126 valence electrons. The van der Waals surface area contributed by atoms with Crippen LogP contribution in [-0.2, 0) is 6.54 Å². The smallest absolute Gasteiger partial charge is 0.254 e. The van der Waals surface area contributed by atoms with Gasteiger partial charge >= 0.3 is 0 Å². The van der Waals surface area contributed by atoms with Gasteiger partial charge in [0.15, 0.2) is 5.82 Å². The standard InChI is InChI=1S/C21H21N3O/c1-14-7-9-18(10-8-14)20-22-13-19(16(3)24-20)21(25)23-12-17-6-4-5-15(2)11-17/h4-11,13H,12H2,1-3H3,(H,23,25). The summed E-state index contributed by atoms with van der Waals surface area (Å²) in [6.45, 7) is 6.39. The molecule has 0 bridgehead atoms. The fraction of sp³-hybridized carbons (Fsp3) is 0.190. The van der Waals surface area contributed by atoms with Crippen LogP contribution in [0.4, 0.5) is 0 Å². The molecule has 1 N–H and O–H groups in total. The molecule has 0 saturated carbocycles. The zero-order chi connectivity index (χ0) is 17.8. The highest BCUT2D eigenvalue weighted by Gasteiger charge is 2.12. The van der Waals surface area contributed by atoms with Crippen LogP contribution in [0.15, 0.2) is 54.7 Å². The largest absolute Gasteiger partial charge is 0.348 e. The van der Waals surface area contributed by atoms with Gasteiger partial charge in [-0.25, -0.2) is 9.97 Å². The topological polar surface area (TPSA) is 54.9 Å². The SMILES string of the molecule is Cc1ccc(-c2ncc(C(=O)NCc3cccc(C)c3)c(C)n2)cc1. The summed E-state index contributed by atoms with van der Waals surface area (Å²) < 4.78 is 0. The number of carbonyl (C=O) groups is 1. The Morgan fingerprint density at radius 1 is 1.00 bits per heavy atom. The number of carbonyl (C=O) groups excluding carboxylic acids is 1. The molecule has 0 radical (unpaired) electrons. The summed E-state index contributed by atoms with van der Waals surface area (Å²) in [7, 11) is 0. The summed E-state index contributed by atoms with van der Waals surface area (Å²) in [6, 6.07) is 16.1. The first-order chi connectivity index (χ1) is 12.0. The molecule has 4 heteroatoms. The summed E-state index contributed by atoms with van der Waals surface area (Å²) in [5.41, 5.74) is 5.56. The number of nitrogens with one attached hydrogen (secondary N) is 1. The Labute approximate surface area is 148 Å². The third kappa shape index (κ3) is 4.10. The van der Waals surface area contributed by atoms with Crippen LogP contribution < -0.4 is 5.32 Å². The quantitative estimate of drug-likeness (QED) is 0.786. The minimum atomic E-state index is -0.158. The Bertz CT molecular complexity index is 901. The van der Waals surface area contributed by atoms with Gasteiger partial charge in [-0.2, -0.15) is 0 Å². The number of hydrogen-bond donors (Lipinski definition) is 1. The number of rotatable bonds is 4. The maximum absolute atomic E-state index is 12.4. The average Bonchev–Trinajstić information content (AvgIpc) is 2.60. The highest BCUT2D eigenvalue weighted by molar-refractivity contribution is 5.95. The summed E-state index contributed by atoms with van der Waals surface area (Å²) in [6.07, 6.45) is 1.60. The van der Waals surface area contributed by atoms with Crippen molar-refractivity contribution in [3.63, 3.8) is 0 Å². The number of amides is 1. The van der Waals surface area contributed by atoms with Crippen molar-refractivity contribution in [1.29, 1.82) is 0 Å². The lowest BCUT2D eigenvalue weighted by Gasteiger charge is -2.09. The zero-order valence-corrected chi connectivity index (χ0v) is 14.7. The van der Waals surface area contributed by atoms with E-state index in [-0.39, 0.29) is 5.91 Å². The third-order valence-electron chi connectivity index (χ3n) is 4.07. The Hall–Kier alpha value is -3.01. The summed E-state index contributed by atoms with van der Waals surface area (Å²) in [4.78, 5) is 21.3. The normalized spacial score (nSPS) is 10.5. The van der Waals surface area contributed by atoms with E-state index in [9.17, 15) is 4.79 Å². The molecule has 3 rings (SSSR count). The molecule has 0 saturated heterocycles. The first kappa shape index (κ1) is 16.8. The van der Waals surface area contributed by atoms with Gasteiger partial charge in [0.2, 0.25) is 0 Å². The van der Waals surface area contributed by atoms with E-state index in [0.717, 1.165) is 11.1 Å². The molecule has 25 heavy (non-hydrogen) atoms. The maximum Gasteiger partial charge on any atom is 0.254 e. The van der Waals surface area contributed by atoms with Gasteiger partial charge in [0.05, 0.1) is 11.3 Å². The van der Waals surface area contributed by atoms with Gasteiger partial charge in [-0.1, -0.05) is 59.7 Å². The number of aryl methyl sites for hydroxylation is 3. The summed E-state index contributed by atoms with van der Waals surface area (Å²) in [5, 5.41) is 2.93. The molecule has 0 fully saturated rings. The lowest BCUT2D eigenvalue weighted by Crippen LogP contribution is -2.24. The molecule has 0 unspecified atom stereocenters. The molecule has 1 aromatic heterocycles. The van der Waals surface area contributed by atoms with E-state index < -0.39 is 0 Å². The van der Waals surface area contributed by atoms with Gasteiger partial charge in [0.1, 0.15) is 0 Å². The average molecular weight is 331 g/mol. The molecular weight excluding hydrogens is 310 g/mol. The first-order valence-electron chi connectivity index (χ1n) is 8.27. The Morgan fingerprint density at radius 3 is 2.44 bits per heavy atom. The second-order valence-corrected chi connectivity index (χ2v) is 6.23. The van der Waals surface area contributed by atoms with Crippen molar-refractivity contribution in [1.82, 2.24) is 15.3 Å². The predicted octanol–water partition coefficient (Wildman–Crippen LogP) is 4.00. The van der Waals surface area contributed by atoms with Crippen LogP contribution in [0.5, 0.6) is 0 Å². The highest BCUT2D eigenvalue weighted by Crippen LogP contribution is 2.17. The second-order valence-electron chi connectivity index (χ2n) is 6.23. The Balaban J connectivity index is 1.74. The van der Waals surface area contributed by atoms with Crippen molar-refractivity contribution < 1.29 is 4.79 Å². The number of hydrogen-bond acceptors (Lipinski definition) is 3. The van der Waals surface area contributed by atoms with Crippen LogP contribution in [0.25, 0.3) is 11.4 Å². The lowest BCUT2D eigenvalue weighted by molar-refractivity contribution is 0.0949. The Morgan fingerprint density at radius 2 is 1.76 bits per heavy atom. The van der Waals surface area contributed by atoms with Crippen LogP contribution in [0.1, 0.15) is 32.7 Å². The fourth-order valence-electron chi connectivity index (χ4n) is 2.63. The minimum absolute atomic E-state index is 0.158. The van der Waals surface area contributed by atoms with Gasteiger partial charge in [0.25, 0.3) is 5.91 Å². The molecule has 3 aromatic rings. The van der Waals surface area contributed by atoms with E-state index in [1.54, 1.807) is 6.20 Å². The monoisotopic (exact) mass is 331 g/mol. The molecule has 0 aliphatic carbocycles. The maximum atomic E-state index is 12.4. The van der Waals surface area contributed by atoms with E-state index in [2.05, 4.69) is 21.4 Å². The van der Waals surface area contributed by atoms with Gasteiger partial charge in [-0.3, -0.25) is 4.79 Å². The molecule has 0 aliphatic heterocycles. The third-order valence-corrected chi connectivity index (χ3v) is 4.07. The van der Waals surface area contributed by atoms with Crippen molar-refractivity contribution in [3.8, 4) is 11.4 Å². The lowest BCUT2D eigenvalue weighted by atomic mass is 10.1. The number of aromatic nitrogens is 2. The van der Waals surface area contributed by atoms with Gasteiger partial charge in [-0.15, -0.1) is 0 Å². The predicted molar refractivity (Wildman–Crippen MR) is 99.3 cm³/mol. The van der Waals surface area contributed by atoms with E-state index in [1.165, 1.54) is 11.1 Å². The molecular formula is C21H21N3O. The molecule has 0 spiro atoms. The van der Waals surface area contributed by atoms with Crippen molar-refractivity contribution in [3.05, 3.63) is 82.7 Å². The van der Waals surface area contributed by atoms with E-state index >= 15 is 0 Å². The van der Waals surface area contributed by atoms with Crippen molar-refractivity contribution >= 4 is 5.91 Å². The van der Waals surface area contributed by atoms with E-state index in [1.807, 2.05) is 63.2 Å². The molecule has 0 aliphatic rings. The molecule has 2 aromatic carbocycles. The number of benzene rings is 2. The highest BCUT2D eigenvalue weighted by atomic mass is 16.1. The van der Waals surface area contributed by atoms with E-state index in [4.69, 9.17) is 0 Å². The zero-order valence-electron chi connectivity index (χ0n) is 14.7. The Kier molecular flexibility index (Phi) is 4.89. The van der Waals surface area contributed by atoms with Crippen molar-refractivity contribution in [2.24, 2.45) is 0 Å². The van der Waals surface area contributed by atoms with Gasteiger partial charge in [-0.05, 0) is 26.3 Å².